The number of nitrogens with zero attached hydrogens (tertiary/aromatic N) is 1. The molecule has 1 saturated heterocycles. The van der Waals surface area contributed by atoms with E-state index in [-0.39, 0.29) is 11.9 Å². The molecule has 0 aliphatic carbocycles. The van der Waals surface area contributed by atoms with Gasteiger partial charge < -0.3 is 15.0 Å². The normalized spacial score (nSPS) is 20.4. The Morgan fingerprint density at radius 1 is 1.62 bits per heavy atom. The van der Waals surface area contributed by atoms with Crippen LogP contribution in [0.4, 0.5) is 0 Å². The Bertz CT molecular complexity index is 231. The van der Waals surface area contributed by atoms with Crippen LogP contribution in [0, 0.1) is 0 Å². The van der Waals surface area contributed by atoms with Gasteiger partial charge in [0.2, 0.25) is 5.91 Å². The van der Waals surface area contributed by atoms with Gasteiger partial charge in [0.25, 0.3) is 0 Å². The van der Waals surface area contributed by atoms with Gasteiger partial charge in [-0.15, -0.1) is 6.58 Å². The summed E-state index contributed by atoms with van der Waals surface area (Å²) in [4.78, 5) is 13.7. The molecule has 1 rings (SSSR count). The molecule has 1 aliphatic rings. The molecule has 4 nitrogen and oxygen atoms in total. The van der Waals surface area contributed by atoms with Crippen LogP contribution in [0.3, 0.4) is 0 Å². The highest BCUT2D eigenvalue weighted by atomic mass is 16.5. The summed E-state index contributed by atoms with van der Waals surface area (Å²) in [5, 5.41) is 3.19. The average Bonchev–Trinajstić information content (AvgIpc) is 2.62. The second kappa shape index (κ2) is 7.41. The van der Waals surface area contributed by atoms with Gasteiger partial charge in [0.1, 0.15) is 0 Å². The van der Waals surface area contributed by atoms with Crippen molar-refractivity contribution in [2.24, 2.45) is 0 Å². The molecule has 0 spiro atoms. The maximum Gasteiger partial charge on any atom is 0.239 e. The zero-order valence-corrected chi connectivity index (χ0v) is 10.1. The van der Waals surface area contributed by atoms with Gasteiger partial charge in [-0.25, -0.2) is 0 Å². The van der Waals surface area contributed by atoms with Crippen molar-refractivity contribution in [3.63, 3.8) is 0 Å². The highest BCUT2D eigenvalue weighted by Gasteiger charge is 2.30. The van der Waals surface area contributed by atoms with Gasteiger partial charge in [0.05, 0.1) is 19.3 Å². The molecule has 0 radical (unpaired) electrons. The molecule has 4 heteroatoms. The fourth-order valence-electron chi connectivity index (χ4n) is 1.84. The molecule has 1 N–H and O–H groups in total. The fraction of sp³-hybridized carbons (Fsp3) is 0.750. The molecule has 16 heavy (non-hydrogen) atoms. The fourth-order valence-corrected chi connectivity index (χ4v) is 1.84. The minimum atomic E-state index is 0.0261. The molecule has 1 heterocycles. The summed E-state index contributed by atoms with van der Waals surface area (Å²) in [6.07, 6.45) is 3.62. The molecule has 92 valence electrons. The van der Waals surface area contributed by atoms with E-state index in [9.17, 15) is 4.79 Å². The molecule has 1 atom stereocenters. The van der Waals surface area contributed by atoms with Crippen molar-refractivity contribution in [3.05, 3.63) is 12.7 Å². The molecule has 0 aromatic carbocycles. The van der Waals surface area contributed by atoms with Gasteiger partial charge in [0, 0.05) is 13.1 Å². The van der Waals surface area contributed by atoms with E-state index in [4.69, 9.17) is 4.74 Å². The number of carbonyl (C=O) groups excluding carboxylic acids is 1. The average molecular weight is 226 g/mol. The zero-order valence-electron chi connectivity index (χ0n) is 10.1. The van der Waals surface area contributed by atoms with Crippen molar-refractivity contribution in [1.82, 2.24) is 10.2 Å². The highest BCUT2D eigenvalue weighted by molar-refractivity contribution is 5.83. The van der Waals surface area contributed by atoms with Gasteiger partial charge in [-0.3, -0.25) is 4.79 Å². The summed E-state index contributed by atoms with van der Waals surface area (Å²) in [5.74, 6) is 0.217. The van der Waals surface area contributed by atoms with Crippen molar-refractivity contribution in [2.75, 3.05) is 32.8 Å². The van der Waals surface area contributed by atoms with Crippen LogP contribution in [-0.2, 0) is 9.53 Å². The first-order valence-electron chi connectivity index (χ1n) is 6.00. The van der Waals surface area contributed by atoms with E-state index in [0.29, 0.717) is 19.8 Å². The predicted molar refractivity (Wildman–Crippen MR) is 64.3 cm³/mol. The maximum atomic E-state index is 11.8. The molecule has 1 fully saturated rings. The Morgan fingerprint density at radius 3 is 3.12 bits per heavy atom. The molecule has 0 saturated carbocycles. The lowest BCUT2D eigenvalue weighted by molar-refractivity contribution is -0.130. The van der Waals surface area contributed by atoms with Crippen LogP contribution < -0.4 is 5.32 Å². The van der Waals surface area contributed by atoms with Crippen LogP contribution in [0.15, 0.2) is 12.7 Å². The number of likely N-dealkylation sites (tertiary alicyclic amines) is 1. The molecule has 1 amide bonds. The first-order valence-corrected chi connectivity index (χ1v) is 6.00. The highest BCUT2D eigenvalue weighted by Crippen LogP contribution is 2.10. The van der Waals surface area contributed by atoms with Gasteiger partial charge in [0.15, 0.2) is 0 Å². The Kier molecular flexibility index (Phi) is 6.11. The van der Waals surface area contributed by atoms with Crippen molar-refractivity contribution in [3.8, 4) is 0 Å². The van der Waals surface area contributed by atoms with E-state index in [2.05, 4.69) is 11.9 Å². The first-order chi connectivity index (χ1) is 7.79. The standard InChI is InChI=1S/C12H22N2O2/c1-3-5-9-16-10-8-14-7-6-11(12(14)15)13-4-2/h3,11,13H,1,4-10H2,2H3. The van der Waals surface area contributed by atoms with Crippen molar-refractivity contribution >= 4 is 5.91 Å². The van der Waals surface area contributed by atoms with Crippen LogP contribution in [0.1, 0.15) is 19.8 Å². The zero-order chi connectivity index (χ0) is 11.8. The largest absolute Gasteiger partial charge is 0.379 e. The summed E-state index contributed by atoms with van der Waals surface area (Å²) in [5.41, 5.74) is 0. The van der Waals surface area contributed by atoms with Gasteiger partial charge in [-0.1, -0.05) is 13.0 Å². The summed E-state index contributed by atoms with van der Waals surface area (Å²) in [6, 6.07) is 0.0261. The maximum absolute atomic E-state index is 11.8. The summed E-state index contributed by atoms with van der Waals surface area (Å²) in [6.45, 7) is 9.37. The smallest absolute Gasteiger partial charge is 0.239 e. The van der Waals surface area contributed by atoms with Crippen LogP contribution in [0.5, 0.6) is 0 Å². The third kappa shape index (κ3) is 3.94. The molecule has 0 aromatic rings. The van der Waals surface area contributed by atoms with Crippen LogP contribution >= 0.6 is 0 Å². The SMILES string of the molecule is C=CCCOCCN1CCC(NCC)C1=O. The van der Waals surface area contributed by atoms with E-state index in [0.717, 1.165) is 25.9 Å². The topological polar surface area (TPSA) is 41.6 Å². The molecule has 0 bridgehead atoms. The number of nitrogens with one attached hydrogen (secondary N) is 1. The van der Waals surface area contributed by atoms with Crippen LogP contribution in [-0.4, -0.2) is 49.7 Å². The van der Waals surface area contributed by atoms with Gasteiger partial charge in [-0.2, -0.15) is 0 Å². The number of hydrogen-bond donors (Lipinski definition) is 1. The third-order valence-electron chi connectivity index (χ3n) is 2.72. The second-order valence-corrected chi connectivity index (χ2v) is 3.91. The third-order valence-corrected chi connectivity index (χ3v) is 2.72. The van der Waals surface area contributed by atoms with E-state index in [1.807, 2.05) is 17.9 Å². The lowest BCUT2D eigenvalue weighted by Gasteiger charge is -2.16. The number of hydrogen-bond acceptors (Lipinski definition) is 3. The Balaban J connectivity index is 2.14. The molecule has 1 unspecified atom stereocenters. The van der Waals surface area contributed by atoms with E-state index < -0.39 is 0 Å². The van der Waals surface area contributed by atoms with Crippen molar-refractivity contribution < 1.29 is 9.53 Å². The lowest BCUT2D eigenvalue weighted by Crippen LogP contribution is -2.39. The Hall–Kier alpha value is -0.870. The first kappa shape index (κ1) is 13.2. The van der Waals surface area contributed by atoms with Crippen molar-refractivity contribution in [2.45, 2.75) is 25.8 Å². The van der Waals surface area contributed by atoms with Gasteiger partial charge in [-0.05, 0) is 19.4 Å². The van der Waals surface area contributed by atoms with Crippen LogP contribution in [0.2, 0.25) is 0 Å². The predicted octanol–water partition coefficient (Wildman–Crippen LogP) is 0.790. The monoisotopic (exact) mass is 226 g/mol. The van der Waals surface area contributed by atoms with E-state index in [1.165, 1.54) is 0 Å². The minimum absolute atomic E-state index is 0.0261. The number of ether oxygens (including phenoxy) is 1. The molecular weight excluding hydrogens is 204 g/mol. The van der Waals surface area contributed by atoms with E-state index in [1.54, 1.807) is 0 Å². The number of rotatable bonds is 8. The van der Waals surface area contributed by atoms with Crippen molar-refractivity contribution in [1.29, 1.82) is 0 Å². The lowest BCUT2D eigenvalue weighted by atomic mass is 10.2. The molecule has 0 aromatic heterocycles. The summed E-state index contributed by atoms with van der Waals surface area (Å²) in [7, 11) is 0. The molecule has 1 aliphatic heterocycles. The number of likely N-dealkylation sites (N-methyl/N-ethyl adjacent to an activating group) is 1. The quantitative estimate of drug-likeness (QED) is 0.491. The minimum Gasteiger partial charge on any atom is -0.379 e. The Morgan fingerprint density at radius 2 is 2.44 bits per heavy atom. The number of amides is 1. The molecular formula is C12H22N2O2. The summed E-state index contributed by atoms with van der Waals surface area (Å²) < 4.78 is 5.39. The van der Waals surface area contributed by atoms with E-state index >= 15 is 0 Å². The summed E-state index contributed by atoms with van der Waals surface area (Å²) >= 11 is 0. The second-order valence-electron chi connectivity index (χ2n) is 3.91. The number of carbonyl (C=O) groups is 1. The van der Waals surface area contributed by atoms with Crippen LogP contribution in [0.25, 0.3) is 0 Å². The van der Waals surface area contributed by atoms with Gasteiger partial charge >= 0.3 is 0 Å². The Labute approximate surface area is 97.6 Å².